The molecule has 0 aliphatic heterocycles. The highest BCUT2D eigenvalue weighted by Crippen LogP contribution is 2.44. The van der Waals surface area contributed by atoms with Gasteiger partial charge >= 0.3 is 6.18 Å². The molecule has 0 spiro atoms. The third kappa shape index (κ3) is 6.15. The maximum absolute atomic E-state index is 12.9. The van der Waals surface area contributed by atoms with Gasteiger partial charge in [0, 0.05) is 5.57 Å². The summed E-state index contributed by atoms with van der Waals surface area (Å²) < 4.78 is 38.7. The molecule has 23 heavy (non-hydrogen) atoms. The zero-order valence-corrected chi connectivity index (χ0v) is 14.6. The van der Waals surface area contributed by atoms with Crippen molar-refractivity contribution < 1.29 is 13.2 Å². The Balaban J connectivity index is 1.67. The topological polar surface area (TPSA) is 0 Å². The number of unbranched alkanes of at least 4 members (excludes halogenated alkanes) is 4. The van der Waals surface area contributed by atoms with Crippen molar-refractivity contribution in [1.29, 1.82) is 0 Å². The Labute approximate surface area is 139 Å². The molecule has 2 rings (SSSR count). The molecule has 1 atom stereocenters. The average Bonchev–Trinajstić information content (AvgIpc) is 2.55. The number of halogens is 3. The van der Waals surface area contributed by atoms with Gasteiger partial charge in [0.05, 0.1) is 0 Å². The summed E-state index contributed by atoms with van der Waals surface area (Å²) in [5, 5.41) is 0. The van der Waals surface area contributed by atoms with Crippen molar-refractivity contribution in [3.05, 3.63) is 11.6 Å². The molecule has 0 heterocycles. The van der Waals surface area contributed by atoms with Crippen LogP contribution in [0, 0.1) is 17.8 Å². The Bertz CT molecular complexity index is 362. The Kier molecular flexibility index (Phi) is 7.49. The van der Waals surface area contributed by atoms with Crippen LogP contribution in [-0.4, -0.2) is 6.18 Å². The van der Waals surface area contributed by atoms with Crippen LogP contribution in [0.4, 0.5) is 13.2 Å². The second-order valence-corrected chi connectivity index (χ2v) is 7.75. The standard InChI is InChI=1S/C20H33F3/c1-2-3-4-5-6-8-16-11-13-17(14-12-16)18-9-7-10-19(15-18)20(21,22)23/h10,16-18H,2-9,11-15H2,1H3. The summed E-state index contributed by atoms with van der Waals surface area (Å²) in [5.74, 6) is 1.66. The minimum Gasteiger partial charge on any atom is -0.166 e. The summed E-state index contributed by atoms with van der Waals surface area (Å²) in [4.78, 5) is 0. The smallest absolute Gasteiger partial charge is 0.166 e. The van der Waals surface area contributed by atoms with E-state index in [1.807, 2.05) is 0 Å². The first kappa shape index (κ1) is 18.9. The molecule has 0 aromatic rings. The highest BCUT2D eigenvalue weighted by Gasteiger charge is 2.38. The minimum absolute atomic E-state index is 0.258. The molecule has 1 unspecified atom stereocenters. The zero-order valence-electron chi connectivity index (χ0n) is 14.6. The van der Waals surface area contributed by atoms with Gasteiger partial charge in [0.2, 0.25) is 0 Å². The average molecular weight is 330 g/mol. The van der Waals surface area contributed by atoms with Gasteiger partial charge in [-0.2, -0.15) is 13.2 Å². The summed E-state index contributed by atoms with van der Waals surface area (Å²) >= 11 is 0. The van der Waals surface area contributed by atoms with E-state index >= 15 is 0 Å². The fourth-order valence-corrected chi connectivity index (χ4v) is 4.56. The number of alkyl halides is 3. The maximum Gasteiger partial charge on any atom is 0.412 e. The van der Waals surface area contributed by atoms with Crippen LogP contribution in [0.3, 0.4) is 0 Å². The predicted molar refractivity (Wildman–Crippen MR) is 90.3 cm³/mol. The molecule has 1 fully saturated rings. The monoisotopic (exact) mass is 330 g/mol. The molecule has 0 N–H and O–H groups in total. The normalized spacial score (nSPS) is 29.4. The van der Waals surface area contributed by atoms with Crippen molar-refractivity contribution in [2.24, 2.45) is 17.8 Å². The van der Waals surface area contributed by atoms with Gasteiger partial charge in [0.1, 0.15) is 0 Å². The second-order valence-electron chi connectivity index (χ2n) is 7.75. The highest BCUT2D eigenvalue weighted by molar-refractivity contribution is 5.13. The Hall–Kier alpha value is -0.470. The largest absolute Gasteiger partial charge is 0.412 e. The van der Waals surface area contributed by atoms with Crippen LogP contribution < -0.4 is 0 Å². The molecule has 0 amide bonds. The summed E-state index contributed by atoms with van der Waals surface area (Å²) in [6.07, 6.45) is 12.1. The van der Waals surface area contributed by atoms with Crippen molar-refractivity contribution in [3.63, 3.8) is 0 Å². The number of rotatable bonds is 7. The summed E-state index contributed by atoms with van der Waals surface area (Å²) in [6, 6.07) is 0. The molecule has 0 radical (unpaired) electrons. The van der Waals surface area contributed by atoms with E-state index < -0.39 is 6.18 Å². The summed E-state index contributed by atoms with van der Waals surface area (Å²) in [7, 11) is 0. The number of allylic oxidation sites excluding steroid dienone is 2. The number of hydrogen-bond acceptors (Lipinski definition) is 0. The fourth-order valence-electron chi connectivity index (χ4n) is 4.56. The molecule has 134 valence electrons. The van der Waals surface area contributed by atoms with E-state index in [0.717, 1.165) is 25.2 Å². The van der Waals surface area contributed by atoms with E-state index in [-0.39, 0.29) is 17.9 Å². The van der Waals surface area contributed by atoms with Crippen molar-refractivity contribution in [2.75, 3.05) is 0 Å². The van der Waals surface area contributed by atoms with Crippen LogP contribution in [0.25, 0.3) is 0 Å². The first-order valence-corrected chi connectivity index (χ1v) is 9.77. The lowest BCUT2D eigenvalue weighted by molar-refractivity contribution is -0.0976. The molecular weight excluding hydrogens is 297 g/mol. The Morgan fingerprint density at radius 2 is 1.61 bits per heavy atom. The van der Waals surface area contributed by atoms with Gasteiger partial charge in [-0.05, 0) is 49.9 Å². The van der Waals surface area contributed by atoms with E-state index in [9.17, 15) is 13.2 Å². The van der Waals surface area contributed by atoms with Crippen molar-refractivity contribution in [2.45, 2.75) is 96.6 Å². The van der Waals surface area contributed by atoms with Gasteiger partial charge in [-0.1, -0.05) is 64.4 Å². The lowest BCUT2D eigenvalue weighted by Gasteiger charge is -2.36. The van der Waals surface area contributed by atoms with Crippen LogP contribution in [0.1, 0.15) is 90.4 Å². The van der Waals surface area contributed by atoms with Gasteiger partial charge in [-0.15, -0.1) is 0 Å². The fraction of sp³-hybridized carbons (Fsp3) is 0.900. The second kappa shape index (κ2) is 9.13. The van der Waals surface area contributed by atoms with E-state index in [4.69, 9.17) is 0 Å². The van der Waals surface area contributed by atoms with Crippen molar-refractivity contribution in [1.82, 2.24) is 0 Å². The van der Waals surface area contributed by atoms with Crippen molar-refractivity contribution >= 4 is 0 Å². The Morgan fingerprint density at radius 1 is 0.913 bits per heavy atom. The quantitative estimate of drug-likeness (QED) is 0.336. The molecule has 0 bridgehead atoms. The van der Waals surface area contributed by atoms with Gasteiger partial charge in [0.15, 0.2) is 0 Å². The van der Waals surface area contributed by atoms with Crippen LogP contribution in [0.15, 0.2) is 11.6 Å². The maximum atomic E-state index is 12.9. The molecule has 0 nitrogen and oxygen atoms in total. The summed E-state index contributed by atoms with van der Waals surface area (Å²) in [5.41, 5.74) is -0.258. The first-order valence-electron chi connectivity index (χ1n) is 9.77. The molecule has 2 aliphatic rings. The van der Waals surface area contributed by atoms with Crippen LogP contribution in [0.5, 0.6) is 0 Å². The van der Waals surface area contributed by atoms with Gasteiger partial charge in [-0.3, -0.25) is 0 Å². The summed E-state index contributed by atoms with van der Waals surface area (Å²) in [6.45, 7) is 2.24. The van der Waals surface area contributed by atoms with Crippen LogP contribution in [0.2, 0.25) is 0 Å². The molecule has 1 saturated carbocycles. The molecule has 2 aliphatic carbocycles. The third-order valence-corrected chi connectivity index (χ3v) is 6.05. The first-order chi connectivity index (χ1) is 11.0. The van der Waals surface area contributed by atoms with Crippen LogP contribution >= 0.6 is 0 Å². The minimum atomic E-state index is -4.10. The zero-order chi connectivity index (χ0) is 16.7. The van der Waals surface area contributed by atoms with Crippen LogP contribution in [-0.2, 0) is 0 Å². The third-order valence-electron chi connectivity index (χ3n) is 6.05. The van der Waals surface area contributed by atoms with Gasteiger partial charge in [0.25, 0.3) is 0 Å². The molecule has 0 aromatic carbocycles. The molecular formula is C20H33F3. The Morgan fingerprint density at radius 3 is 2.26 bits per heavy atom. The SMILES string of the molecule is CCCCCCCC1CCC(C2CCC=C(C(F)(F)F)C2)CC1. The van der Waals surface area contributed by atoms with Crippen molar-refractivity contribution in [3.8, 4) is 0 Å². The lowest BCUT2D eigenvalue weighted by Crippen LogP contribution is -2.26. The van der Waals surface area contributed by atoms with Gasteiger partial charge in [-0.25, -0.2) is 0 Å². The van der Waals surface area contributed by atoms with Gasteiger partial charge < -0.3 is 0 Å². The molecule has 0 saturated heterocycles. The predicted octanol–water partition coefficient (Wildman–Crippen LogP) is 7.44. The lowest BCUT2D eigenvalue weighted by atomic mass is 9.70. The van der Waals surface area contributed by atoms with E-state index in [1.54, 1.807) is 0 Å². The van der Waals surface area contributed by atoms with E-state index in [0.29, 0.717) is 12.3 Å². The van der Waals surface area contributed by atoms with E-state index in [1.165, 1.54) is 57.4 Å². The molecule has 0 aromatic heterocycles. The highest BCUT2D eigenvalue weighted by atomic mass is 19.4. The molecule has 3 heteroatoms. The van der Waals surface area contributed by atoms with E-state index in [2.05, 4.69) is 6.92 Å². The number of hydrogen-bond donors (Lipinski definition) is 0.